The molecule has 0 aliphatic carbocycles. The Morgan fingerprint density at radius 2 is 1.78 bits per heavy atom. The summed E-state index contributed by atoms with van der Waals surface area (Å²) < 4.78 is 2.40. The maximum Gasteiger partial charge on any atom is 0.265 e. The molecule has 2 heterocycles. The molecule has 0 amide bonds. The fourth-order valence-corrected chi connectivity index (χ4v) is 4.66. The molecule has 32 heavy (non-hydrogen) atoms. The first-order valence-electron chi connectivity index (χ1n) is 10.1. The van der Waals surface area contributed by atoms with Crippen LogP contribution in [0.3, 0.4) is 0 Å². The molecule has 0 saturated carbocycles. The Bertz CT molecular complexity index is 1530. The first-order chi connectivity index (χ1) is 15.5. The molecule has 0 aliphatic rings. The lowest BCUT2D eigenvalue weighted by atomic mass is 10.1. The number of aromatic hydroxyl groups is 1. The van der Waals surface area contributed by atoms with E-state index in [0.29, 0.717) is 27.2 Å². The molecular formula is C25H20N4O2S. The van der Waals surface area contributed by atoms with Crippen molar-refractivity contribution in [2.45, 2.75) is 13.8 Å². The Hall–Kier alpha value is -3.97. The van der Waals surface area contributed by atoms with Gasteiger partial charge in [0.05, 0.1) is 27.7 Å². The van der Waals surface area contributed by atoms with Crippen molar-refractivity contribution in [2.24, 2.45) is 5.10 Å². The Morgan fingerprint density at radius 3 is 2.56 bits per heavy atom. The van der Waals surface area contributed by atoms with Crippen LogP contribution in [0.2, 0.25) is 0 Å². The lowest BCUT2D eigenvalue weighted by Gasteiger charge is -2.15. The second kappa shape index (κ2) is 7.94. The van der Waals surface area contributed by atoms with Crippen LogP contribution in [0.25, 0.3) is 26.7 Å². The Labute approximate surface area is 188 Å². The van der Waals surface area contributed by atoms with Gasteiger partial charge in [0.15, 0.2) is 0 Å². The van der Waals surface area contributed by atoms with Crippen LogP contribution in [0.5, 0.6) is 5.88 Å². The molecule has 0 saturated heterocycles. The van der Waals surface area contributed by atoms with Crippen molar-refractivity contribution in [3.8, 4) is 11.6 Å². The standard InChI is InChI=1S/C25H20N4O2S/c1-15-11-12-21(16(2)13-15)29-23(30)18-8-4-3-7-17(18)19(24(29)31)14-26-28-25-27-20-9-5-6-10-22(20)32-25/h3-14,31H,1-2H3,(H,27,28)/b26-14+. The number of thiazole rings is 1. The highest BCUT2D eigenvalue weighted by atomic mass is 32.1. The van der Waals surface area contributed by atoms with Crippen molar-refractivity contribution in [1.29, 1.82) is 0 Å². The summed E-state index contributed by atoms with van der Waals surface area (Å²) in [5, 5.41) is 17.3. The number of hydrogen-bond acceptors (Lipinski definition) is 6. The lowest BCUT2D eigenvalue weighted by Crippen LogP contribution is -2.21. The van der Waals surface area contributed by atoms with Gasteiger partial charge in [-0.1, -0.05) is 59.4 Å². The van der Waals surface area contributed by atoms with Crippen molar-refractivity contribution < 1.29 is 5.11 Å². The average Bonchev–Trinajstić information content (AvgIpc) is 3.20. The third-order valence-corrected chi connectivity index (χ3v) is 6.29. The Balaban J connectivity index is 1.63. The first kappa shape index (κ1) is 20.0. The van der Waals surface area contributed by atoms with E-state index in [0.717, 1.165) is 21.3 Å². The Morgan fingerprint density at radius 1 is 1.03 bits per heavy atom. The van der Waals surface area contributed by atoms with Gasteiger partial charge in [0.25, 0.3) is 5.56 Å². The number of pyridine rings is 1. The number of benzene rings is 3. The number of nitrogens with zero attached hydrogens (tertiary/aromatic N) is 3. The molecule has 0 bridgehead atoms. The smallest absolute Gasteiger partial charge is 0.265 e. The van der Waals surface area contributed by atoms with Gasteiger partial charge in [-0.3, -0.25) is 10.2 Å². The molecule has 3 aromatic carbocycles. The SMILES string of the molecule is Cc1ccc(-n2c(O)c(/C=N/Nc3nc4ccccc4s3)c3ccccc3c2=O)c(C)c1. The highest BCUT2D eigenvalue weighted by Gasteiger charge is 2.17. The van der Waals surface area contributed by atoms with Crippen molar-refractivity contribution in [2.75, 3.05) is 5.43 Å². The van der Waals surface area contributed by atoms with Gasteiger partial charge in [0.2, 0.25) is 11.0 Å². The number of para-hydroxylation sites is 1. The molecule has 2 N–H and O–H groups in total. The summed E-state index contributed by atoms with van der Waals surface area (Å²) in [6.07, 6.45) is 1.53. The fourth-order valence-electron chi connectivity index (χ4n) is 3.84. The third kappa shape index (κ3) is 3.42. The van der Waals surface area contributed by atoms with Crippen LogP contribution in [0.1, 0.15) is 16.7 Å². The highest BCUT2D eigenvalue weighted by molar-refractivity contribution is 7.22. The monoisotopic (exact) mass is 440 g/mol. The number of rotatable bonds is 4. The molecule has 5 aromatic rings. The molecule has 2 aromatic heterocycles. The van der Waals surface area contributed by atoms with Crippen LogP contribution in [0, 0.1) is 13.8 Å². The summed E-state index contributed by atoms with van der Waals surface area (Å²) in [5.74, 6) is -0.157. The number of fused-ring (bicyclic) bond motifs is 2. The summed E-state index contributed by atoms with van der Waals surface area (Å²) in [4.78, 5) is 17.8. The van der Waals surface area contributed by atoms with Crippen molar-refractivity contribution in [1.82, 2.24) is 9.55 Å². The van der Waals surface area contributed by atoms with E-state index in [1.54, 1.807) is 6.07 Å². The van der Waals surface area contributed by atoms with E-state index in [9.17, 15) is 9.90 Å². The second-order valence-electron chi connectivity index (χ2n) is 7.57. The van der Waals surface area contributed by atoms with Crippen molar-refractivity contribution in [3.63, 3.8) is 0 Å². The Kier molecular flexibility index (Phi) is 4.95. The molecule has 158 valence electrons. The van der Waals surface area contributed by atoms with Gasteiger partial charge in [-0.2, -0.15) is 5.10 Å². The van der Waals surface area contributed by atoms with E-state index in [2.05, 4.69) is 15.5 Å². The van der Waals surface area contributed by atoms with Crippen LogP contribution in [0.4, 0.5) is 5.13 Å². The number of anilines is 1. The van der Waals surface area contributed by atoms with E-state index in [4.69, 9.17) is 0 Å². The average molecular weight is 441 g/mol. The van der Waals surface area contributed by atoms with E-state index in [1.807, 2.05) is 74.5 Å². The van der Waals surface area contributed by atoms with Gasteiger partial charge in [-0.05, 0) is 43.7 Å². The van der Waals surface area contributed by atoms with Crippen molar-refractivity contribution in [3.05, 3.63) is 93.8 Å². The summed E-state index contributed by atoms with van der Waals surface area (Å²) >= 11 is 1.49. The fraction of sp³-hybridized carbons (Fsp3) is 0.0800. The molecule has 6 nitrogen and oxygen atoms in total. The highest BCUT2D eigenvalue weighted by Crippen LogP contribution is 2.28. The lowest BCUT2D eigenvalue weighted by molar-refractivity contribution is 0.436. The minimum atomic E-state index is -0.277. The number of hydrogen-bond donors (Lipinski definition) is 2. The summed E-state index contributed by atoms with van der Waals surface area (Å²) in [7, 11) is 0. The van der Waals surface area contributed by atoms with Gasteiger partial charge in [0.1, 0.15) is 0 Å². The number of hydrazone groups is 1. The molecule has 5 rings (SSSR count). The van der Waals surface area contributed by atoms with Gasteiger partial charge in [0, 0.05) is 10.8 Å². The molecule has 0 fully saturated rings. The predicted octanol–water partition coefficient (Wildman–Crippen LogP) is 5.37. The summed E-state index contributed by atoms with van der Waals surface area (Å²) in [5.41, 5.74) is 6.63. The zero-order valence-electron chi connectivity index (χ0n) is 17.5. The molecule has 0 atom stereocenters. The first-order valence-corrected chi connectivity index (χ1v) is 10.9. The zero-order valence-corrected chi connectivity index (χ0v) is 18.4. The molecule has 7 heteroatoms. The molecule has 0 spiro atoms. The van der Waals surface area contributed by atoms with Crippen LogP contribution < -0.4 is 11.0 Å². The van der Waals surface area contributed by atoms with E-state index in [-0.39, 0.29) is 11.4 Å². The van der Waals surface area contributed by atoms with Gasteiger partial charge >= 0.3 is 0 Å². The summed E-state index contributed by atoms with van der Waals surface area (Å²) in [6.45, 7) is 3.91. The van der Waals surface area contributed by atoms with Gasteiger partial charge < -0.3 is 5.11 Å². The minimum Gasteiger partial charge on any atom is -0.494 e. The van der Waals surface area contributed by atoms with Gasteiger partial charge in [-0.25, -0.2) is 9.55 Å². The van der Waals surface area contributed by atoms with Crippen LogP contribution in [-0.4, -0.2) is 20.9 Å². The number of nitrogens with one attached hydrogen (secondary N) is 1. The quantitative estimate of drug-likeness (QED) is 0.291. The normalized spacial score (nSPS) is 11.6. The van der Waals surface area contributed by atoms with Crippen LogP contribution in [0.15, 0.2) is 76.6 Å². The molecule has 0 unspecified atom stereocenters. The predicted molar refractivity (Wildman–Crippen MR) is 132 cm³/mol. The van der Waals surface area contributed by atoms with Gasteiger partial charge in [-0.15, -0.1) is 0 Å². The van der Waals surface area contributed by atoms with E-state index >= 15 is 0 Å². The molecular weight excluding hydrogens is 420 g/mol. The zero-order chi connectivity index (χ0) is 22.2. The van der Waals surface area contributed by atoms with Crippen LogP contribution in [-0.2, 0) is 0 Å². The maximum atomic E-state index is 13.3. The second-order valence-corrected chi connectivity index (χ2v) is 8.60. The maximum absolute atomic E-state index is 13.3. The van der Waals surface area contributed by atoms with Crippen LogP contribution >= 0.6 is 11.3 Å². The largest absolute Gasteiger partial charge is 0.494 e. The van der Waals surface area contributed by atoms with E-state index < -0.39 is 0 Å². The molecule has 0 radical (unpaired) electrons. The minimum absolute atomic E-state index is 0.157. The van der Waals surface area contributed by atoms with Crippen molar-refractivity contribution >= 4 is 43.7 Å². The number of aryl methyl sites for hydroxylation is 2. The third-order valence-electron chi connectivity index (χ3n) is 5.34. The van der Waals surface area contributed by atoms with E-state index in [1.165, 1.54) is 22.1 Å². The topological polar surface area (TPSA) is 79.5 Å². The molecule has 0 aliphatic heterocycles. The number of aromatic nitrogens is 2. The summed E-state index contributed by atoms with van der Waals surface area (Å²) in [6, 6.07) is 20.8.